The molecule has 3 heteroatoms. The molecule has 2 N–H and O–H groups in total. The normalized spacial score (nSPS) is 11.6. The molecule has 0 aromatic heterocycles. The molecule has 0 fully saturated rings. The molecule has 0 amide bonds. The van der Waals surface area contributed by atoms with Crippen LogP contribution in [0.15, 0.2) is 30.3 Å². The van der Waals surface area contributed by atoms with Crippen molar-refractivity contribution >= 4 is 0 Å². The number of hydrogen-bond donors (Lipinski definition) is 2. The van der Waals surface area contributed by atoms with Gasteiger partial charge in [-0.1, -0.05) is 121 Å². The summed E-state index contributed by atoms with van der Waals surface area (Å²) in [5.74, 6) is 0.692. The van der Waals surface area contributed by atoms with Gasteiger partial charge in [0.15, 0.2) is 6.29 Å². The van der Waals surface area contributed by atoms with E-state index in [0.717, 1.165) is 6.42 Å². The van der Waals surface area contributed by atoms with Gasteiger partial charge in [-0.15, -0.1) is 0 Å². The van der Waals surface area contributed by atoms with Gasteiger partial charge in [0.2, 0.25) is 0 Å². The Morgan fingerprint density at radius 1 is 0.655 bits per heavy atom. The maximum absolute atomic E-state index is 8.78. The summed E-state index contributed by atoms with van der Waals surface area (Å²) in [5, 5.41) is 17.5. The van der Waals surface area contributed by atoms with E-state index in [0.29, 0.717) is 12.4 Å². The molecule has 3 nitrogen and oxygen atoms in total. The first-order chi connectivity index (χ1) is 14.2. The summed E-state index contributed by atoms with van der Waals surface area (Å²) in [7, 11) is 0. The first kappa shape index (κ1) is 27.9. The summed E-state index contributed by atoms with van der Waals surface area (Å²) in [6.45, 7) is 4.23. The second-order valence-corrected chi connectivity index (χ2v) is 8.06. The molecule has 0 aliphatic carbocycles. The van der Waals surface area contributed by atoms with Gasteiger partial charge in [-0.25, -0.2) is 0 Å². The molecule has 0 heterocycles. The van der Waals surface area contributed by atoms with E-state index in [-0.39, 0.29) is 0 Å². The first-order valence-corrected chi connectivity index (χ1v) is 12.2. The summed E-state index contributed by atoms with van der Waals surface area (Å²) >= 11 is 0. The summed E-state index contributed by atoms with van der Waals surface area (Å²) in [6, 6.07) is 9.21. The number of para-hydroxylation sites is 1. The fourth-order valence-corrected chi connectivity index (χ4v) is 3.36. The molecule has 170 valence electrons. The van der Waals surface area contributed by atoms with Crippen molar-refractivity contribution < 1.29 is 14.9 Å². The predicted octanol–water partition coefficient (Wildman–Crippen LogP) is 7.64. The zero-order valence-electron chi connectivity index (χ0n) is 19.3. The van der Waals surface area contributed by atoms with Crippen LogP contribution >= 0.6 is 0 Å². The van der Waals surface area contributed by atoms with E-state index in [9.17, 15) is 0 Å². The highest BCUT2D eigenvalue weighted by atomic mass is 16.6. The fraction of sp³-hybridized carbons (Fsp3) is 0.769. The maximum atomic E-state index is 8.78. The van der Waals surface area contributed by atoms with Crippen molar-refractivity contribution in [1.82, 2.24) is 0 Å². The minimum Gasteiger partial charge on any atom is -0.465 e. The van der Waals surface area contributed by atoms with Crippen molar-refractivity contribution in [2.24, 2.45) is 0 Å². The Labute approximate surface area is 180 Å². The third kappa shape index (κ3) is 23.1. The van der Waals surface area contributed by atoms with Crippen LogP contribution in [0.2, 0.25) is 0 Å². The minimum atomic E-state index is -0.734. The molecule has 1 aromatic carbocycles. The Bertz CT molecular complexity index is 390. The maximum Gasteiger partial charge on any atom is 0.194 e. The van der Waals surface area contributed by atoms with Crippen LogP contribution in [0.1, 0.15) is 117 Å². The highest BCUT2D eigenvalue weighted by Crippen LogP contribution is 2.13. The van der Waals surface area contributed by atoms with Crippen molar-refractivity contribution in [3.05, 3.63) is 30.3 Å². The molecular formula is C26H48O3. The zero-order valence-corrected chi connectivity index (χ0v) is 19.3. The van der Waals surface area contributed by atoms with E-state index in [2.05, 4.69) is 6.92 Å². The van der Waals surface area contributed by atoms with Gasteiger partial charge in [-0.2, -0.15) is 0 Å². The van der Waals surface area contributed by atoms with Crippen LogP contribution < -0.4 is 4.74 Å². The quantitative estimate of drug-likeness (QED) is 0.194. The fourth-order valence-electron chi connectivity index (χ4n) is 3.36. The number of hydrogen-bond acceptors (Lipinski definition) is 3. The topological polar surface area (TPSA) is 49.7 Å². The molecular weight excluding hydrogens is 360 g/mol. The van der Waals surface area contributed by atoms with Gasteiger partial charge in [-0.05, 0) is 25.5 Å². The third-order valence-electron chi connectivity index (χ3n) is 5.06. The summed E-state index contributed by atoms with van der Waals surface area (Å²) in [6.07, 6.45) is 21.4. The zero-order chi connectivity index (χ0) is 21.4. The van der Waals surface area contributed by atoms with Gasteiger partial charge in [0, 0.05) is 6.61 Å². The Morgan fingerprint density at radius 3 is 1.38 bits per heavy atom. The number of unbranched alkanes of at least 4 members (excludes halogenated alkanes) is 15. The summed E-state index contributed by atoms with van der Waals surface area (Å²) in [4.78, 5) is 0. The van der Waals surface area contributed by atoms with Crippen LogP contribution in [0, 0.1) is 0 Å². The van der Waals surface area contributed by atoms with Gasteiger partial charge in [0.25, 0.3) is 0 Å². The Balaban J connectivity index is 0.000000651. The highest BCUT2D eigenvalue weighted by Gasteiger charge is 1.95. The number of benzene rings is 1. The summed E-state index contributed by atoms with van der Waals surface area (Å²) < 4.78 is 4.97. The van der Waals surface area contributed by atoms with Crippen LogP contribution in [0.4, 0.5) is 0 Å². The first-order valence-electron chi connectivity index (χ1n) is 12.2. The largest absolute Gasteiger partial charge is 0.465 e. The van der Waals surface area contributed by atoms with Crippen LogP contribution in [0.3, 0.4) is 0 Å². The number of aliphatic hydroxyl groups excluding tert-OH is 2. The van der Waals surface area contributed by atoms with Crippen molar-refractivity contribution in [3.63, 3.8) is 0 Å². The molecule has 0 saturated carbocycles. The minimum absolute atomic E-state index is 0.373. The highest BCUT2D eigenvalue weighted by molar-refractivity contribution is 5.20. The lowest BCUT2D eigenvalue weighted by Crippen LogP contribution is -2.08. The molecule has 1 rings (SSSR count). The number of ether oxygens (including phenoxy) is 1. The second-order valence-electron chi connectivity index (χ2n) is 8.06. The van der Waals surface area contributed by atoms with Gasteiger partial charge in [0.05, 0.1) is 0 Å². The van der Waals surface area contributed by atoms with E-state index in [4.69, 9.17) is 14.9 Å². The van der Waals surface area contributed by atoms with Crippen LogP contribution in [-0.2, 0) is 0 Å². The molecule has 29 heavy (non-hydrogen) atoms. The molecule has 0 aliphatic heterocycles. The van der Waals surface area contributed by atoms with Crippen molar-refractivity contribution in [2.75, 3.05) is 6.61 Å². The second kappa shape index (κ2) is 23.2. The van der Waals surface area contributed by atoms with Crippen molar-refractivity contribution in [2.45, 2.75) is 123 Å². The molecule has 0 bridgehead atoms. The Kier molecular flexibility index (Phi) is 22.4. The van der Waals surface area contributed by atoms with Crippen molar-refractivity contribution in [1.29, 1.82) is 0 Å². The molecule has 0 spiro atoms. The van der Waals surface area contributed by atoms with Gasteiger partial charge in [-0.3, -0.25) is 0 Å². The third-order valence-corrected chi connectivity index (χ3v) is 5.06. The Hall–Kier alpha value is -1.06. The van der Waals surface area contributed by atoms with Gasteiger partial charge in [0.1, 0.15) is 5.75 Å². The average Bonchev–Trinajstić information content (AvgIpc) is 2.72. The Morgan fingerprint density at radius 2 is 1.03 bits per heavy atom. The van der Waals surface area contributed by atoms with E-state index >= 15 is 0 Å². The number of rotatable bonds is 18. The smallest absolute Gasteiger partial charge is 0.194 e. The van der Waals surface area contributed by atoms with E-state index < -0.39 is 6.29 Å². The summed E-state index contributed by atoms with van der Waals surface area (Å²) in [5.41, 5.74) is 0. The predicted molar refractivity (Wildman–Crippen MR) is 125 cm³/mol. The van der Waals surface area contributed by atoms with Crippen LogP contribution in [-0.4, -0.2) is 23.1 Å². The molecule has 1 atom stereocenters. The molecule has 0 radical (unpaired) electrons. The lowest BCUT2D eigenvalue weighted by Gasteiger charge is -2.06. The van der Waals surface area contributed by atoms with Crippen LogP contribution in [0.5, 0.6) is 5.75 Å². The molecule has 0 aliphatic rings. The van der Waals surface area contributed by atoms with Gasteiger partial charge < -0.3 is 14.9 Å². The van der Waals surface area contributed by atoms with E-state index in [1.165, 1.54) is 96.3 Å². The average molecular weight is 409 g/mol. The molecule has 0 saturated heterocycles. The lowest BCUT2D eigenvalue weighted by molar-refractivity contribution is -0.000289. The lowest BCUT2D eigenvalue weighted by atomic mass is 10.0. The van der Waals surface area contributed by atoms with Gasteiger partial charge >= 0.3 is 0 Å². The standard InChI is InChI=1S/C18H38O.C8H10O2/c1-2-3-4-5-6-7-8-9-10-11-12-13-14-15-16-17-18-19;1-7(9)10-8-5-3-2-4-6-8/h19H,2-18H2,1H3;2-7,9H,1H3. The number of aliphatic hydroxyl groups is 2. The van der Waals surface area contributed by atoms with Crippen molar-refractivity contribution in [3.8, 4) is 5.75 Å². The van der Waals surface area contributed by atoms with E-state index in [1.54, 1.807) is 19.1 Å². The monoisotopic (exact) mass is 408 g/mol. The van der Waals surface area contributed by atoms with E-state index in [1.807, 2.05) is 18.2 Å². The van der Waals surface area contributed by atoms with Crippen LogP contribution in [0.25, 0.3) is 0 Å². The SMILES string of the molecule is CC(O)Oc1ccccc1.CCCCCCCCCCCCCCCCCCO. The molecule has 1 aromatic rings. The molecule has 1 unspecified atom stereocenters.